The second-order valence-electron chi connectivity index (χ2n) is 5.89. The van der Waals surface area contributed by atoms with Gasteiger partial charge in [0, 0.05) is 19.2 Å². The van der Waals surface area contributed by atoms with Crippen molar-refractivity contribution in [2.45, 2.75) is 38.7 Å². The van der Waals surface area contributed by atoms with Crippen LogP contribution in [0.15, 0.2) is 34.9 Å². The Kier molecular flexibility index (Phi) is 5.08. The lowest BCUT2D eigenvalue weighted by molar-refractivity contribution is 0.0392. The van der Waals surface area contributed by atoms with Crippen molar-refractivity contribution in [2.24, 2.45) is 0 Å². The van der Waals surface area contributed by atoms with Crippen molar-refractivity contribution in [3.8, 4) is 0 Å². The molecular formula is C18H22N2O3. The molecule has 0 spiro atoms. The SMILES string of the molecule is Cc1cc(C(=O)NCCCOC2CCCc3ccccc32)on1. The summed E-state index contributed by atoms with van der Waals surface area (Å²) in [6.45, 7) is 2.98. The highest BCUT2D eigenvalue weighted by atomic mass is 16.5. The predicted molar refractivity (Wildman–Crippen MR) is 86.3 cm³/mol. The van der Waals surface area contributed by atoms with Crippen LogP contribution in [0.2, 0.25) is 0 Å². The minimum atomic E-state index is -0.228. The van der Waals surface area contributed by atoms with E-state index >= 15 is 0 Å². The van der Waals surface area contributed by atoms with E-state index in [0.717, 1.165) is 19.3 Å². The molecule has 1 unspecified atom stereocenters. The fourth-order valence-electron chi connectivity index (χ4n) is 2.94. The number of aryl methyl sites for hydroxylation is 2. The molecule has 0 saturated heterocycles. The van der Waals surface area contributed by atoms with Crippen LogP contribution in [0.5, 0.6) is 0 Å². The summed E-state index contributed by atoms with van der Waals surface area (Å²) in [4.78, 5) is 11.8. The summed E-state index contributed by atoms with van der Waals surface area (Å²) in [6.07, 6.45) is 4.34. The number of aromatic nitrogens is 1. The Morgan fingerprint density at radius 1 is 1.43 bits per heavy atom. The lowest BCUT2D eigenvalue weighted by atomic mass is 9.89. The maximum absolute atomic E-state index is 11.8. The van der Waals surface area contributed by atoms with Gasteiger partial charge in [0.2, 0.25) is 5.76 Å². The summed E-state index contributed by atoms with van der Waals surface area (Å²) in [5.41, 5.74) is 3.42. The maximum Gasteiger partial charge on any atom is 0.289 e. The Hall–Kier alpha value is -2.14. The van der Waals surface area contributed by atoms with Crippen LogP contribution >= 0.6 is 0 Å². The highest BCUT2D eigenvalue weighted by Crippen LogP contribution is 2.32. The molecule has 1 aliphatic rings. The van der Waals surface area contributed by atoms with Crippen molar-refractivity contribution in [3.05, 3.63) is 52.9 Å². The zero-order valence-corrected chi connectivity index (χ0v) is 13.4. The van der Waals surface area contributed by atoms with Gasteiger partial charge in [0.25, 0.3) is 5.91 Å². The molecule has 1 aliphatic carbocycles. The molecular weight excluding hydrogens is 292 g/mol. The van der Waals surface area contributed by atoms with Gasteiger partial charge in [0.05, 0.1) is 11.8 Å². The normalized spacial score (nSPS) is 16.8. The van der Waals surface area contributed by atoms with Crippen LogP contribution in [-0.2, 0) is 11.2 Å². The quantitative estimate of drug-likeness (QED) is 0.832. The number of rotatable bonds is 6. The van der Waals surface area contributed by atoms with Crippen molar-refractivity contribution in [3.63, 3.8) is 0 Å². The van der Waals surface area contributed by atoms with Gasteiger partial charge in [0.15, 0.2) is 0 Å². The molecule has 0 fully saturated rings. The molecule has 1 heterocycles. The average Bonchev–Trinajstić information content (AvgIpc) is 3.01. The fourth-order valence-corrected chi connectivity index (χ4v) is 2.94. The molecule has 1 aromatic heterocycles. The van der Waals surface area contributed by atoms with Gasteiger partial charge in [0.1, 0.15) is 0 Å². The largest absolute Gasteiger partial charge is 0.373 e. The molecule has 122 valence electrons. The number of hydrogen-bond donors (Lipinski definition) is 1. The van der Waals surface area contributed by atoms with E-state index in [1.165, 1.54) is 17.5 Å². The minimum absolute atomic E-state index is 0.188. The van der Waals surface area contributed by atoms with Crippen LogP contribution < -0.4 is 5.32 Å². The first-order valence-electron chi connectivity index (χ1n) is 8.15. The summed E-state index contributed by atoms with van der Waals surface area (Å²) in [6, 6.07) is 10.1. The smallest absolute Gasteiger partial charge is 0.289 e. The first-order chi connectivity index (χ1) is 11.2. The van der Waals surface area contributed by atoms with E-state index < -0.39 is 0 Å². The van der Waals surface area contributed by atoms with Gasteiger partial charge in [-0.15, -0.1) is 0 Å². The second kappa shape index (κ2) is 7.42. The van der Waals surface area contributed by atoms with Gasteiger partial charge < -0.3 is 14.6 Å². The number of nitrogens with one attached hydrogen (secondary N) is 1. The van der Waals surface area contributed by atoms with Crippen LogP contribution in [0, 0.1) is 6.92 Å². The van der Waals surface area contributed by atoms with E-state index in [1.807, 2.05) is 0 Å². The van der Waals surface area contributed by atoms with Crippen molar-refractivity contribution in [1.82, 2.24) is 10.5 Å². The van der Waals surface area contributed by atoms with Crippen LogP contribution in [0.1, 0.15) is 52.7 Å². The molecule has 0 aliphatic heterocycles. The molecule has 5 heteroatoms. The molecule has 1 amide bonds. The van der Waals surface area contributed by atoms with Gasteiger partial charge in [-0.1, -0.05) is 29.4 Å². The van der Waals surface area contributed by atoms with E-state index in [9.17, 15) is 4.79 Å². The van der Waals surface area contributed by atoms with Crippen molar-refractivity contribution < 1.29 is 14.1 Å². The highest BCUT2D eigenvalue weighted by molar-refractivity contribution is 5.91. The number of fused-ring (bicyclic) bond motifs is 1. The lowest BCUT2D eigenvalue weighted by Crippen LogP contribution is -2.25. The van der Waals surface area contributed by atoms with Crippen LogP contribution in [0.25, 0.3) is 0 Å². The minimum Gasteiger partial charge on any atom is -0.373 e. The Balaban J connectivity index is 1.40. The predicted octanol–water partition coefficient (Wildman–Crippen LogP) is 3.20. The molecule has 1 aromatic carbocycles. The van der Waals surface area contributed by atoms with Crippen LogP contribution in [0.3, 0.4) is 0 Å². The summed E-state index contributed by atoms with van der Waals surface area (Å²) in [5.74, 6) is 0.0261. The van der Waals surface area contributed by atoms with Gasteiger partial charge in [-0.25, -0.2) is 0 Å². The third kappa shape index (κ3) is 3.99. The van der Waals surface area contributed by atoms with Gasteiger partial charge >= 0.3 is 0 Å². The summed E-state index contributed by atoms with van der Waals surface area (Å²) >= 11 is 0. The number of hydrogen-bond acceptors (Lipinski definition) is 4. The van der Waals surface area contributed by atoms with Gasteiger partial charge in [-0.2, -0.15) is 0 Å². The van der Waals surface area contributed by atoms with Gasteiger partial charge in [-0.05, 0) is 43.7 Å². The Labute approximate surface area is 136 Å². The molecule has 0 saturated carbocycles. The Morgan fingerprint density at radius 3 is 3.13 bits per heavy atom. The van der Waals surface area contributed by atoms with Crippen molar-refractivity contribution in [2.75, 3.05) is 13.2 Å². The van der Waals surface area contributed by atoms with Crippen molar-refractivity contribution >= 4 is 5.91 Å². The molecule has 2 aromatic rings. The van der Waals surface area contributed by atoms with Gasteiger partial charge in [-0.3, -0.25) is 4.79 Å². The first kappa shape index (κ1) is 15.7. The summed E-state index contributed by atoms with van der Waals surface area (Å²) in [7, 11) is 0. The maximum atomic E-state index is 11.8. The topological polar surface area (TPSA) is 64.4 Å². The van der Waals surface area contributed by atoms with Crippen molar-refractivity contribution in [1.29, 1.82) is 0 Å². The number of amides is 1. The number of benzene rings is 1. The van der Waals surface area contributed by atoms with E-state index in [1.54, 1.807) is 13.0 Å². The number of nitrogens with zero attached hydrogens (tertiary/aromatic N) is 1. The standard InChI is InChI=1S/C18H22N2O3/c1-13-12-17(23-20-13)18(21)19-10-5-11-22-16-9-4-7-14-6-2-3-8-15(14)16/h2-3,6,8,12,16H,4-5,7,9-11H2,1H3,(H,19,21). The van der Waals surface area contributed by atoms with Crippen LogP contribution in [0.4, 0.5) is 0 Å². The molecule has 0 bridgehead atoms. The zero-order chi connectivity index (χ0) is 16.1. The molecule has 0 radical (unpaired) electrons. The van der Waals surface area contributed by atoms with E-state index in [-0.39, 0.29) is 17.8 Å². The van der Waals surface area contributed by atoms with E-state index in [4.69, 9.17) is 9.26 Å². The molecule has 23 heavy (non-hydrogen) atoms. The number of carbonyl (C=O) groups is 1. The molecule has 1 N–H and O–H groups in total. The Morgan fingerprint density at radius 2 is 2.30 bits per heavy atom. The Bertz CT molecular complexity index is 666. The van der Waals surface area contributed by atoms with Crippen LogP contribution in [-0.4, -0.2) is 24.2 Å². The lowest BCUT2D eigenvalue weighted by Gasteiger charge is -2.25. The summed E-state index contributed by atoms with van der Waals surface area (Å²) in [5, 5.41) is 6.52. The number of ether oxygens (including phenoxy) is 1. The fraction of sp³-hybridized carbons (Fsp3) is 0.444. The second-order valence-corrected chi connectivity index (χ2v) is 5.89. The number of carbonyl (C=O) groups excluding carboxylic acids is 1. The van der Waals surface area contributed by atoms with E-state index in [2.05, 4.69) is 34.7 Å². The zero-order valence-electron chi connectivity index (χ0n) is 13.4. The molecule has 5 nitrogen and oxygen atoms in total. The third-order valence-corrected chi connectivity index (χ3v) is 4.09. The monoisotopic (exact) mass is 314 g/mol. The third-order valence-electron chi connectivity index (χ3n) is 4.09. The van der Waals surface area contributed by atoms with E-state index in [0.29, 0.717) is 18.8 Å². The summed E-state index contributed by atoms with van der Waals surface area (Å²) < 4.78 is 10.9. The highest BCUT2D eigenvalue weighted by Gasteiger charge is 2.19. The average molecular weight is 314 g/mol. The molecule has 1 atom stereocenters. The first-order valence-corrected chi connectivity index (χ1v) is 8.15. The molecule has 3 rings (SSSR count).